The monoisotopic (exact) mass is 451 g/mol. The summed E-state index contributed by atoms with van der Waals surface area (Å²) in [6.07, 6.45) is 26.0. The van der Waals surface area contributed by atoms with Crippen molar-refractivity contribution in [1.29, 1.82) is 0 Å². The standard InChI is InChI=1S/C29H57NO2/c1-6-7-8-9-10-11-12-13-14-15-16-17-18-19-20-21-22-23-28(31)32-27-26-30(5)25-24-29(2,3)4/h15-16H,6-14,17-27H2,1-5H3/b16-15-. The number of hydrogen-bond donors (Lipinski definition) is 0. The SMILES string of the molecule is CCCCCCCCCC/C=C\CCCCCCCC(=O)OCCN(C)CCC(C)(C)C. The summed E-state index contributed by atoms with van der Waals surface area (Å²) >= 11 is 0. The Morgan fingerprint density at radius 1 is 0.750 bits per heavy atom. The fourth-order valence-corrected chi connectivity index (χ4v) is 3.72. The van der Waals surface area contributed by atoms with Gasteiger partial charge in [-0.3, -0.25) is 4.79 Å². The summed E-state index contributed by atoms with van der Waals surface area (Å²) in [7, 11) is 2.10. The number of hydrogen-bond acceptors (Lipinski definition) is 3. The van der Waals surface area contributed by atoms with Gasteiger partial charge in [-0.2, -0.15) is 0 Å². The van der Waals surface area contributed by atoms with Crippen LogP contribution in [0.15, 0.2) is 12.2 Å². The van der Waals surface area contributed by atoms with Crippen LogP contribution in [-0.4, -0.2) is 37.6 Å². The Kier molecular flexibility index (Phi) is 21.4. The molecule has 0 radical (unpaired) electrons. The Morgan fingerprint density at radius 2 is 1.25 bits per heavy atom. The summed E-state index contributed by atoms with van der Waals surface area (Å²) in [6.45, 7) is 11.5. The van der Waals surface area contributed by atoms with E-state index in [1.165, 1.54) is 83.5 Å². The van der Waals surface area contributed by atoms with Crippen molar-refractivity contribution in [3.05, 3.63) is 12.2 Å². The van der Waals surface area contributed by atoms with Gasteiger partial charge >= 0.3 is 5.97 Å². The summed E-state index contributed by atoms with van der Waals surface area (Å²) < 4.78 is 5.38. The number of unbranched alkanes of at least 4 members (excludes halogenated alkanes) is 13. The lowest BCUT2D eigenvalue weighted by Crippen LogP contribution is -2.27. The Balaban J connectivity index is 3.34. The molecule has 0 spiro atoms. The minimum absolute atomic E-state index is 0.0295. The predicted molar refractivity (Wildman–Crippen MR) is 141 cm³/mol. The minimum Gasteiger partial charge on any atom is -0.464 e. The number of likely N-dealkylation sites (N-methyl/N-ethyl adjacent to an activating group) is 1. The van der Waals surface area contributed by atoms with Gasteiger partial charge in [0.15, 0.2) is 0 Å². The molecule has 0 fully saturated rings. The molecule has 0 N–H and O–H groups in total. The molecule has 0 aromatic heterocycles. The van der Waals surface area contributed by atoms with E-state index >= 15 is 0 Å². The van der Waals surface area contributed by atoms with E-state index in [0.717, 1.165) is 32.4 Å². The fourth-order valence-electron chi connectivity index (χ4n) is 3.72. The van der Waals surface area contributed by atoms with Crippen LogP contribution in [0.2, 0.25) is 0 Å². The Labute approximate surface area is 201 Å². The molecule has 0 saturated carbocycles. The van der Waals surface area contributed by atoms with E-state index in [1.807, 2.05) is 0 Å². The van der Waals surface area contributed by atoms with Crippen LogP contribution in [0.5, 0.6) is 0 Å². The summed E-state index contributed by atoms with van der Waals surface area (Å²) in [5, 5.41) is 0. The van der Waals surface area contributed by atoms with E-state index in [9.17, 15) is 4.79 Å². The van der Waals surface area contributed by atoms with Gasteiger partial charge in [0.05, 0.1) is 0 Å². The number of ether oxygens (including phenoxy) is 1. The van der Waals surface area contributed by atoms with Crippen molar-refractivity contribution in [2.24, 2.45) is 5.41 Å². The maximum Gasteiger partial charge on any atom is 0.305 e. The lowest BCUT2D eigenvalue weighted by Gasteiger charge is -2.23. The second-order valence-corrected chi connectivity index (χ2v) is 10.9. The molecule has 0 rings (SSSR count). The van der Waals surface area contributed by atoms with Gasteiger partial charge in [-0.25, -0.2) is 0 Å². The third-order valence-corrected chi connectivity index (χ3v) is 6.12. The smallest absolute Gasteiger partial charge is 0.305 e. The molecule has 0 aromatic rings. The molecule has 0 amide bonds. The first-order chi connectivity index (χ1) is 15.3. The molecule has 0 aliphatic carbocycles. The Morgan fingerprint density at radius 3 is 1.78 bits per heavy atom. The lowest BCUT2D eigenvalue weighted by atomic mass is 9.92. The van der Waals surface area contributed by atoms with Gasteiger partial charge in [-0.15, -0.1) is 0 Å². The molecule has 0 bridgehead atoms. The van der Waals surface area contributed by atoms with E-state index in [2.05, 4.69) is 51.8 Å². The summed E-state index contributed by atoms with van der Waals surface area (Å²) in [5.74, 6) is -0.0295. The third-order valence-electron chi connectivity index (χ3n) is 6.12. The van der Waals surface area contributed by atoms with Crippen LogP contribution in [0.25, 0.3) is 0 Å². The van der Waals surface area contributed by atoms with Crippen molar-refractivity contribution >= 4 is 5.97 Å². The molecule has 32 heavy (non-hydrogen) atoms. The van der Waals surface area contributed by atoms with Crippen molar-refractivity contribution in [2.75, 3.05) is 26.7 Å². The molecule has 0 aromatic carbocycles. The van der Waals surface area contributed by atoms with Crippen molar-refractivity contribution in [1.82, 2.24) is 4.90 Å². The molecule has 3 nitrogen and oxygen atoms in total. The maximum atomic E-state index is 11.9. The van der Waals surface area contributed by atoms with E-state index in [1.54, 1.807) is 0 Å². The topological polar surface area (TPSA) is 29.5 Å². The summed E-state index contributed by atoms with van der Waals surface area (Å²) in [4.78, 5) is 14.1. The Bertz CT molecular complexity index is 439. The number of esters is 1. The Hall–Kier alpha value is -0.830. The summed E-state index contributed by atoms with van der Waals surface area (Å²) in [5.41, 5.74) is 0.355. The van der Waals surface area contributed by atoms with Gasteiger partial charge in [0.2, 0.25) is 0 Å². The number of carbonyl (C=O) groups excluding carboxylic acids is 1. The molecule has 0 heterocycles. The van der Waals surface area contributed by atoms with Gasteiger partial charge in [-0.05, 0) is 57.5 Å². The fraction of sp³-hybridized carbons (Fsp3) is 0.897. The van der Waals surface area contributed by atoms with Crippen LogP contribution in [-0.2, 0) is 9.53 Å². The normalized spacial score (nSPS) is 12.2. The molecule has 0 saturated heterocycles. The van der Waals surface area contributed by atoms with Crippen LogP contribution in [0.3, 0.4) is 0 Å². The quantitative estimate of drug-likeness (QED) is 0.0936. The van der Waals surface area contributed by atoms with Crippen LogP contribution < -0.4 is 0 Å². The van der Waals surface area contributed by atoms with E-state index in [0.29, 0.717) is 18.4 Å². The molecule has 0 aliphatic rings. The predicted octanol–water partition coefficient (Wildman–Crippen LogP) is 8.72. The molecular weight excluding hydrogens is 394 g/mol. The number of carbonyl (C=O) groups is 1. The molecule has 0 atom stereocenters. The average molecular weight is 452 g/mol. The van der Waals surface area contributed by atoms with Crippen molar-refractivity contribution in [2.45, 2.75) is 137 Å². The minimum atomic E-state index is -0.0295. The first-order valence-electron chi connectivity index (χ1n) is 13.8. The number of rotatable bonds is 22. The maximum absolute atomic E-state index is 11.9. The molecule has 0 unspecified atom stereocenters. The molecular formula is C29H57NO2. The average Bonchev–Trinajstić information content (AvgIpc) is 2.74. The summed E-state index contributed by atoms with van der Waals surface area (Å²) in [6, 6.07) is 0. The van der Waals surface area contributed by atoms with Gasteiger partial charge in [0, 0.05) is 13.0 Å². The van der Waals surface area contributed by atoms with E-state index in [4.69, 9.17) is 4.74 Å². The highest BCUT2D eigenvalue weighted by molar-refractivity contribution is 5.69. The zero-order valence-corrected chi connectivity index (χ0v) is 22.6. The van der Waals surface area contributed by atoms with Crippen molar-refractivity contribution < 1.29 is 9.53 Å². The second kappa shape index (κ2) is 22.0. The second-order valence-electron chi connectivity index (χ2n) is 10.9. The van der Waals surface area contributed by atoms with Crippen LogP contribution >= 0.6 is 0 Å². The highest BCUT2D eigenvalue weighted by Crippen LogP contribution is 2.18. The zero-order valence-electron chi connectivity index (χ0n) is 22.6. The van der Waals surface area contributed by atoms with Gasteiger partial charge in [0.1, 0.15) is 6.61 Å². The first-order valence-corrected chi connectivity index (χ1v) is 13.8. The number of allylic oxidation sites excluding steroid dienone is 2. The zero-order chi connectivity index (χ0) is 23.9. The van der Waals surface area contributed by atoms with Gasteiger partial charge < -0.3 is 9.64 Å². The lowest BCUT2D eigenvalue weighted by molar-refractivity contribution is -0.144. The largest absolute Gasteiger partial charge is 0.464 e. The first kappa shape index (κ1) is 31.2. The number of nitrogens with zero attached hydrogens (tertiary/aromatic N) is 1. The van der Waals surface area contributed by atoms with E-state index in [-0.39, 0.29) is 5.97 Å². The highest BCUT2D eigenvalue weighted by atomic mass is 16.5. The molecule has 3 heteroatoms. The van der Waals surface area contributed by atoms with Crippen molar-refractivity contribution in [3.8, 4) is 0 Å². The van der Waals surface area contributed by atoms with E-state index < -0.39 is 0 Å². The van der Waals surface area contributed by atoms with Crippen LogP contribution in [0.1, 0.15) is 137 Å². The molecule has 0 aliphatic heterocycles. The van der Waals surface area contributed by atoms with Gasteiger partial charge in [-0.1, -0.05) is 104 Å². The van der Waals surface area contributed by atoms with Crippen LogP contribution in [0, 0.1) is 5.41 Å². The molecule has 190 valence electrons. The highest BCUT2D eigenvalue weighted by Gasteiger charge is 2.11. The third kappa shape index (κ3) is 25.4. The van der Waals surface area contributed by atoms with Crippen LogP contribution in [0.4, 0.5) is 0 Å². The van der Waals surface area contributed by atoms with Crippen molar-refractivity contribution in [3.63, 3.8) is 0 Å². The van der Waals surface area contributed by atoms with Gasteiger partial charge in [0.25, 0.3) is 0 Å².